The van der Waals surface area contributed by atoms with Gasteiger partial charge in [0, 0.05) is 6.61 Å². The van der Waals surface area contributed by atoms with Gasteiger partial charge in [-0.2, -0.15) is 0 Å². The Labute approximate surface area is 92.1 Å². The first-order valence-corrected chi connectivity index (χ1v) is 6.10. The quantitative estimate of drug-likeness (QED) is 0.483. The average Bonchev–Trinajstić information content (AvgIpc) is 2.70. The van der Waals surface area contributed by atoms with Gasteiger partial charge in [0.2, 0.25) is 0 Å². The van der Waals surface area contributed by atoms with Crippen LogP contribution in [0.15, 0.2) is 0 Å². The number of hydrogen-bond acceptors (Lipinski definition) is 3. The van der Waals surface area contributed by atoms with Gasteiger partial charge in [-0.05, 0) is 32.1 Å². The van der Waals surface area contributed by atoms with E-state index in [1.165, 1.54) is 12.8 Å². The lowest BCUT2D eigenvalue weighted by atomic mass is 10.3. The third-order valence-corrected chi connectivity index (χ3v) is 2.69. The Bertz CT molecular complexity index is 174. The molecule has 3 nitrogen and oxygen atoms in total. The maximum absolute atomic E-state index is 11.3. The van der Waals surface area contributed by atoms with Gasteiger partial charge >= 0.3 is 5.97 Å². The zero-order valence-corrected chi connectivity index (χ0v) is 9.67. The smallest absolute Gasteiger partial charge is 0.308 e. The fraction of sp³-hybridized carbons (Fsp3) is 0.917. The average molecular weight is 214 g/mol. The van der Waals surface area contributed by atoms with Gasteiger partial charge in [-0.15, -0.1) is 0 Å². The van der Waals surface area contributed by atoms with Crippen molar-refractivity contribution in [1.82, 2.24) is 0 Å². The molecule has 1 saturated carbocycles. The Morgan fingerprint density at radius 2 is 2.00 bits per heavy atom. The fourth-order valence-corrected chi connectivity index (χ4v) is 1.75. The number of hydrogen-bond donors (Lipinski definition) is 0. The molecule has 0 aliphatic heterocycles. The lowest BCUT2D eigenvalue weighted by Crippen LogP contribution is -2.16. The maximum atomic E-state index is 11.3. The lowest BCUT2D eigenvalue weighted by molar-refractivity contribution is -0.149. The second-order valence-electron chi connectivity index (χ2n) is 4.11. The SMILES string of the molecule is CCCCOCCC(=O)OC1CCCC1. The van der Waals surface area contributed by atoms with Crippen molar-refractivity contribution in [3.63, 3.8) is 0 Å². The standard InChI is InChI=1S/C12H22O3/c1-2-3-9-14-10-8-12(13)15-11-6-4-5-7-11/h11H,2-10H2,1H3. The summed E-state index contributed by atoms with van der Waals surface area (Å²) in [6, 6.07) is 0. The molecular weight excluding hydrogens is 192 g/mol. The van der Waals surface area contributed by atoms with Gasteiger partial charge in [0.05, 0.1) is 13.0 Å². The van der Waals surface area contributed by atoms with Gasteiger partial charge in [-0.25, -0.2) is 0 Å². The molecular formula is C12H22O3. The molecule has 3 heteroatoms. The van der Waals surface area contributed by atoms with Crippen molar-refractivity contribution in [3.05, 3.63) is 0 Å². The normalized spacial score (nSPS) is 16.9. The fourth-order valence-electron chi connectivity index (χ4n) is 1.75. The van der Waals surface area contributed by atoms with Crippen LogP contribution in [0.2, 0.25) is 0 Å². The maximum Gasteiger partial charge on any atom is 0.308 e. The number of carbonyl (C=O) groups excluding carboxylic acids is 1. The molecule has 0 aromatic carbocycles. The summed E-state index contributed by atoms with van der Waals surface area (Å²) in [5, 5.41) is 0. The van der Waals surface area contributed by atoms with Crippen LogP contribution in [0, 0.1) is 0 Å². The first-order valence-electron chi connectivity index (χ1n) is 6.10. The molecule has 1 fully saturated rings. The van der Waals surface area contributed by atoms with Crippen LogP contribution in [-0.2, 0) is 14.3 Å². The molecule has 0 aromatic rings. The van der Waals surface area contributed by atoms with Gasteiger partial charge in [0.15, 0.2) is 0 Å². The summed E-state index contributed by atoms with van der Waals surface area (Å²) < 4.78 is 10.6. The highest BCUT2D eigenvalue weighted by Gasteiger charge is 2.18. The van der Waals surface area contributed by atoms with Crippen LogP contribution in [0.4, 0.5) is 0 Å². The van der Waals surface area contributed by atoms with E-state index < -0.39 is 0 Å². The number of carbonyl (C=O) groups is 1. The van der Waals surface area contributed by atoms with Crippen molar-refractivity contribution in [3.8, 4) is 0 Å². The van der Waals surface area contributed by atoms with E-state index in [2.05, 4.69) is 6.92 Å². The summed E-state index contributed by atoms with van der Waals surface area (Å²) in [5.74, 6) is -0.0987. The van der Waals surface area contributed by atoms with Crippen LogP contribution in [0.5, 0.6) is 0 Å². The zero-order valence-electron chi connectivity index (χ0n) is 9.67. The molecule has 0 heterocycles. The van der Waals surface area contributed by atoms with E-state index in [0.717, 1.165) is 32.3 Å². The van der Waals surface area contributed by atoms with Crippen molar-refractivity contribution in [1.29, 1.82) is 0 Å². The number of ether oxygens (including phenoxy) is 2. The highest BCUT2D eigenvalue weighted by Crippen LogP contribution is 2.21. The Morgan fingerprint density at radius 1 is 1.27 bits per heavy atom. The van der Waals surface area contributed by atoms with E-state index in [-0.39, 0.29) is 12.1 Å². The van der Waals surface area contributed by atoms with E-state index >= 15 is 0 Å². The molecule has 0 aromatic heterocycles. The van der Waals surface area contributed by atoms with Crippen LogP contribution in [0.25, 0.3) is 0 Å². The van der Waals surface area contributed by atoms with Gasteiger partial charge in [-0.1, -0.05) is 13.3 Å². The van der Waals surface area contributed by atoms with Gasteiger partial charge in [0.25, 0.3) is 0 Å². The van der Waals surface area contributed by atoms with Crippen molar-refractivity contribution >= 4 is 5.97 Å². The van der Waals surface area contributed by atoms with Crippen LogP contribution in [0.3, 0.4) is 0 Å². The molecule has 15 heavy (non-hydrogen) atoms. The van der Waals surface area contributed by atoms with Crippen molar-refractivity contribution < 1.29 is 14.3 Å². The largest absolute Gasteiger partial charge is 0.462 e. The van der Waals surface area contributed by atoms with Crippen molar-refractivity contribution in [2.45, 2.75) is 58.0 Å². The minimum absolute atomic E-state index is 0.0987. The second kappa shape index (κ2) is 7.69. The second-order valence-corrected chi connectivity index (χ2v) is 4.11. The predicted octanol–water partition coefficient (Wildman–Crippen LogP) is 2.68. The summed E-state index contributed by atoms with van der Waals surface area (Å²) >= 11 is 0. The predicted molar refractivity (Wildman–Crippen MR) is 58.7 cm³/mol. The van der Waals surface area contributed by atoms with Crippen LogP contribution in [-0.4, -0.2) is 25.3 Å². The highest BCUT2D eigenvalue weighted by atomic mass is 16.5. The molecule has 0 unspecified atom stereocenters. The van der Waals surface area contributed by atoms with Crippen LogP contribution < -0.4 is 0 Å². The Kier molecular flexibility index (Phi) is 6.41. The van der Waals surface area contributed by atoms with Crippen LogP contribution >= 0.6 is 0 Å². The molecule has 0 bridgehead atoms. The lowest BCUT2D eigenvalue weighted by Gasteiger charge is -2.11. The van der Waals surface area contributed by atoms with E-state index in [1.807, 2.05) is 0 Å². The summed E-state index contributed by atoms with van der Waals surface area (Å²) in [5.41, 5.74) is 0. The van der Waals surface area contributed by atoms with E-state index in [4.69, 9.17) is 9.47 Å². The molecule has 0 amide bonds. The van der Waals surface area contributed by atoms with Gasteiger partial charge in [-0.3, -0.25) is 4.79 Å². The van der Waals surface area contributed by atoms with Crippen molar-refractivity contribution in [2.24, 2.45) is 0 Å². The van der Waals surface area contributed by atoms with E-state index in [1.54, 1.807) is 0 Å². The van der Waals surface area contributed by atoms with Gasteiger partial charge in [0.1, 0.15) is 6.10 Å². The van der Waals surface area contributed by atoms with E-state index in [9.17, 15) is 4.79 Å². The van der Waals surface area contributed by atoms with Crippen molar-refractivity contribution in [2.75, 3.05) is 13.2 Å². The number of esters is 1. The molecule has 1 aliphatic carbocycles. The highest BCUT2D eigenvalue weighted by molar-refractivity contribution is 5.69. The van der Waals surface area contributed by atoms with E-state index in [0.29, 0.717) is 13.0 Å². The Balaban J connectivity index is 1.93. The Hall–Kier alpha value is -0.570. The molecule has 1 rings (SSSR count). The third kappa shape index (κ3) is 5.78. The minimum Gasteiger partial charge on any atom is -0.462 e. The minimum atomic E-state index is -0.0987. The monoisotopic (exact) mass is 214 g/mol. The molecule has 0 saturated heterocycles. The first kappa shape index (κ1) is 12.5. The molecule has 0 radical (unpaired) electrons. The Morgan fingerprint density at radius 3 is 2.67 bits per heavy atom. The molecule has 1 aliphatic rings. The molecule has 0 spiro atoms. The van der Waals surface area contributed by atoms with Gasteiger partial charge < -0.3 is 9.47 Å². The molecule has 88 valence electrons. The topological polar surface area (TPSA) is 35.5 Å². The molecule has 0 atom stereocenters. The zero-order chi connectivity index (χ0) is 10.9. The van der Waals surface area contributed by atoms with Crippen LogP contribution in [0.1, 0.15) is 51.9 Å². The third-order valence-electron chi connectivity index (χ3n) is 2.69. The summed E-state index contributed by atoms with van der Waals surface area (Å²) in [6.45, 7) is 3.39. The summed E-state index contributed by atoms with van der Waals surface area (Å²) in [4.78, 5) is 11.3. The first-order chi connectivity index (χ1) is 7.33. The summed E-state index contributed by atoms with van der Waals surface area (Å²) in [6.07, 6.45) is 7.28. The number of rotatable bonds is 7. The number of unbranched alkanes of at least 4 members (excludes halogenated alkanes) is 1. The summed E-state index contributed by atoms with van der Waals surface area (Å²) in [7, 11) is 0. The molecule has 0 N–H and O–H groups in total.